The van der Waals surface area contributed by atoms with Crippen LogP contribution in [0.2, 0.25) is 0 Å². The molecule has 0 bridgehead atoms. The number of ether oxygens (including phenoxy) is 1. The molecule has 1 saturated heterocycles. The second-order valence-corrected chi connectivity index (χ2v) is 5.48. The number of benzene rings is 1. The zero-order valence-electron chi connectivity index (χ0n) is 12.1. The van der Waals surface area contributed by atoms with Gasteiger partial charge in [0.15, 0.2) is 0 Å². The number of hydrogen-bond acceptors (Lipinski definition) is 3. The summed E-state index contributed by atoms with van der Waals surface area (Å²) in [6, 6.07) is 6.56. The first-order chi connectivity index (χ1) is 10.1. The fraction of sp³-hybridized carbons (Fsp3) is 0.500. The maximum atomic E-state index is 11.6. The van der Waals surface area contributed by atoms with Crippen molar-refractivity contribution in [3.63, 3.8) is 0 Å². The van der Waals surface area contributed by atoms with Crippen molar-refractivity contribution in [2.75, 3.05) is 24.7 Å². The van der Waals surface area contributed by atoms with Crippen LogP contribution in [0.25, 0.3) is 0 Å². The standard InChI is InChI=1S/C16H22NO4/c1-12-4-2-6-14(8-12)17(16(19)20)15(10-18)9-13-5-3-7-21-11-13/h2,4,6,8,13,15,18H,1,3,5,7,9-11H2,(H,19,20)/t13-,15?/m1/s1. The van der Waals surface area contributed by atoms with Gasteiger partial charge in [-0.05, 0) is 49.8 Å². The smallest absolute Gasteiger partial charge is 0.412 e. The van der Waals surface area contributed by atoms with E-state index in [1.165, 1.54) is 4.90 Å². The zero-order valence-corrected chi connectivity index (χ0v) is 12.1. The molecule has 1 heterocycles. The number of aliphatic hydroxyl groups excluding tert-OH is 1. The van der Waals surface area contributed by atoms with Gasteiger partial charge < -0.3 is 14.9 Å². The van der Waals surface area contributed by atoms with Crippen LogP contribution in [0.15, 0.2) is 24.3 Å². The molecule has 0 aliphatic carbocycles. The Bertz CT molecular complexity index is 471. The number of hydrogen-bond donors (Lipinski definition) is 2. The van der Waals surface area contributed by atoms with E-state index in [0.29, 0.717) is 24.6 Å². The Balaban J connectivity index is 2.16. The van der Waals surface area contributed by atoms with Crippen molar-refractivity contribution in [2.24, 2.45) is 5.92 Å². The topological polar surface area (TPSA) is 70.0 Å². The van der Waals surface area contributed by atoms with E-state index >= 15 is 0 Å². The van der Waals surface area contributed by atoms with Crippen molar-refractivity contribution in [3.05, 3.63) is 36.8 Å². The van der Waals surface area contributed by atoms with Gasteiger partial charge in [0.2, 0.25) is 0 Å². The van der Waals surface area contributed by atoms with Gasteiger partial charge in [0, 0.05) is 18.9 Å². The molecule has 2 rings (SSSR count). The molecule has 5 heteroatoms. The summed E-state index contributed by atoms with van der Waals surface area (Å²) in [4.78, 5) is 12.9. The van der Waals surface area contributed by atoms with Gasteiger partial charge in [-0.25, -0.2) is 4.79 Å². The summed E-state index contributed by atoms with van der Waals surface area (Å²) in [6.45, 7) is 5.03. The zero-order chi connectivity index (χ0) is 15.2. The summed E-state index contributed by atoms with van der Waals surface area (Å²) in [6.07, 6.45) is 1.55. The van der Waals surface area contributed by atoms with Crippen molar-refractivity contribution >= 4 is 11.8 Å². The van der Waals surface area contributed by atoms with E-state index in [0.717, 1.165) is 25.0 Å². The van der Waals surface area contributed by atoms with E-state index in [4.69, 9.17) is 4.74 Å². The molecule has 1 aromatic rings. The SMILES string of the molecule is [CH2]c1cccc(N(C(=O)O)C(CO)C[C@H]2CCCOC2)c1. The molecule has 115 valence electrons. The van der Waals surface area contributed by atoms with Gasteiger partial charge in [0.05, 0.1) is 12.6 Å². The first-order valence-electron chi connectivity index (χ1n) is 7.24. The van der Waals surface area contributed by atoms with Crippen molar-refractivity contribution in [2.45, 2.75) is 25.3 Å². The lowest BCUT2D eigenvalue weighted by Gasteiger charge is -2.32. The number of amides is 1. The molecule has 1 aliphatic heterocycles. The molecule has 1 fully saturated rings. The van der Waals surface area contributed by atoms with Crippen LogP contribution in [0.3, 0.4) is 0 Å². The molecule has 1 aromatic carbocycles. The highest BCUT2D eigenvalue weighted by Gasteiger charge is 2.28. The Labute approximate surface area is 125 Å². The number of rotatable bonds is 5. The van der Waals surface area contributed by atoms with E-state index in [-0.39, 0.29) is 6.61 Å². The van der Waals surface area contributed by atoms with E-state index < -0.39 is 12.1 Å². The maximum absolute atomic E-state index is 11.6. The fourth-order valence-corrected chi connectivity index (χ4v) is 2.82. The van der Waals surface area contributed by atoms with E-state index in [2.05, 4.69) is 6.92 Å². The number of carbonyl (C=O) groups is 1. The number of nitrogens with zero attached hydrogens (tertiary/aromatic N) is 1. The van der Waals surface area contributed by atoms with Crippen molar-refractivity contribution < 1.29 is 19.7 Å². The van der Waals surface area contributed by atoms with Crippen LogP contribution in [0.4, 0.5) is 10.5 Å². The van der Waals surface area contributed by atoms with Crippen LogP contribution in [-0.2, 0) is 4.74 Å². The van der Waals surface area contributed by atoms with Gasteiger partial charge in [0.25, 0.3) is 0 Å². The van der Waals surface area contributed by atoms with Gasteiger partial charge in [-0.15, -0.1) is 0 Å². The average molecular weight is 292 g/mol. The summed E-state index contributed by atoms with van der Waals surface area (Å²) in [7, 11) is 0. The lowest BCUT2D eigenvalue weighted by molar-refractivity contribution is 0.0459. The second-order valence-electron chi connectivity index (χ2n) is 5.48. The summed E-state index contributed by atoms with van der Waals surface area (Å²) < 4.78 is 5.43. The summed E-state index contributed by atoms with van der Waals surface area (Å²) >= 11 is 0. The molecule has 21 heavy (non-hydrogen) atoms. The lowest BCUT2D eigenvalue weighted by atomic mass is 9.93. The first kappa shape index (κ1) is 15.8. The third-order valence-electron chi connectivity index (χ3n) is 3.83. The Morgan fingerprint density at radius 3 is 2.90 bits per heavy atom. The van der Waals surface area contributed by atoms with Gasteiger partial charge in [-0.1, -0.05) is 12.1 Å². The van der Waals surface area contributed by atoms with E-state index in [1.54, 1.807) is 18.2 Å². The molecule has 5 nitrogen and oxygen atoms in total. The molecule has 1 amide bonds. The van der Waals surface area contributed by atoms with Crippen molar-refractivity contribution in [3.8, 4) is 0 Å². The molecular weight excluding hydrogens is 270 g/mol. The fourth-order valence-electron chi connectivity index (χ4n) is 2.82. The van der Waals surface area contributed by atoms with Crippen LogP contribution in [0, 0.1) is 12.8 Å². The molecule has 2 N–H and O–H groups in total. The van der Waals surface area contributed by atoms with Gasteiger partial charge in [-0.2, -0.15) is 0 Å². The normalized spacial score (nSPS) is 20.0. The minimum Gasteiger partial charge on any atom is -0.465 e. The highest BCUT2D eigenvalue weighted by atomic mass is 16.5. The van der Waals surface area contributed by atoms with Crippen LogP contribution >= 0.6 is 0 Å². The molecule has 1 radical (unpaired) electrons. The molecule has 0 spiro atoms. The Morgan fingerprint density at radius 1 is 1.52 bits per heavy atom. The largest absolute Gasteiger partial charge is 0.465 e. The quantitative estimate of drug-likeness (QED) is 0.875. The lowest BCUT2D eigenvalue weighted by Crippen LogP contribution is -2.44. The number of anilines is 1. The predicted octanol–water partition coefficient (Wildman–Crippen LogP) is 2.53. The van der Waals surface area contributed by atoms with E-state index in [1.807, 2.05) is 6.07 Å². The monoisotopic (exact) mass is 292 g/mol. The Hall–Kier alpha value is -1.59. The van der Waals surface area contributed by atoms with Gasteiger partial charge in [0.1, 0.15) is 0 Å². The third-order valence-corrected chi connectivity index (χ3v) is 3.83. The number of aliphatic hydroxyl groups is 1. The predicted molar refractivity (Wildman–Crippen MR) is 80.4 cm³/mol. The molecule has 2 atom stereocenters. The minimum absolute atomic E-state index is 0.204. The average Bonchev–Trinajstić information content (AvgIpc) is 2.47. The summed E-state index contributed by atoms with van der Waals surface area (Å²) in [5, 5.41) is 19.2. The third kappa shape index (κ3) is 4.19. The van der Waals surface area contributed by atoms with Crippen LogP contribution in [-0.4, -0.2) is 42.2 Å². The Morgan fingerprint density at radius 2 is 2.33 bits per heavy atom. The summed E-state index contributed by atoms with van der Waals surface area (Å²) in [5.41, 5.74) is 1.29. The van der Waals surface area contributed by atoms with Crippen LogP contribution in [0.1, 0.15) is 24.8 Å². The van der Waals surface area contributed by atoms with Gasteiger partial charge >= 0.3 is 6.09 Å². The Kier molecular flexibility index (Phi) is 5.59. The van der Waals surface area contributed by atoms with Crippen LogP contribution < -0.4 is 4.90 Å². The van der Waals surface area contributed by atoms with Crippen molar-refractivity contribution in [1.29, 1.82) is 0 Å². The molecular formula is C16H22NO4. The molecule has 0 aromatic heterocycles. The van der Waals surface area contributed by atoms with Gasteiger partial charge in [-0.3, -0.25) is 4.90 Å². The first-order valence-corrected chi connectivity index (χ1v) is 7.24. The molecule has 1 aliphatic rings. The van der Waals surface area contributed by atoms with Crippen LogP contribution in [0.5, 0.6) is 0 Å². The van der Waals surface area contributed by atoms with Crippen molar-refractivity contribution in [1.82, 2.24) is 0 Å². The maximum Gasteiger partial charge on any atom is 0.412 e. The van der Waals surface area contributed by atoms with E-state index in [9.17, 15) is 15.0 Å². The highest BCUT2D eigenvalue weighted by molar-refractivity contribution is 5.86. The molecule has 0 saturated carbocycles. The highest BCUT2D eigenvalue weighted by Crippen LogP contribution is 2.25. The number of carboxylic acid groups (broad SMARTS) is 1. The second kappa shape index (κ2) is 7.43. The summed E-state index contributed by atoms with van der Waals surface area (Å²) in [5.74, 6) is 0.292. The molecule has 1 unspecified atom stereocenters. The minimum atomic E-state index is -1.06.